The molecular weight excluding hydrogens is 296 g/mol. The van der Waals surface area contributed by atoms with Crippen LogP contribution in [0.3, 0.4) is 0 Å². The zero-order valence-electron chi connectivity index (χ0n) is 12.8. The molecule has 5 nitrogen and oxygen atoms in total. The molecule has 0 aromatic carbocycles. The molecule has 0 amide bonds. The van der Waals surface area contributed by atoms with Crippen molar-refractivity contribution < 1.29 is 4.79 Å². The van der Waals surface area contributed by atoms with Crippen LogP contribution in [0, 0.1) is 23.2 Å². The molecule has 6 rings (SSSR count). The highest BCUT2D eigenvalue weighted by atomic mass is 32.2. The third-order valence-corrected chi connectivity index (χ3v) is 7.25. The smallest absolute Gasteiger partial charge is 0.210 e. The van der Waals surface area contributed by atoms with Crippen LogP contribution < -0.4 is 0 Å². The molecule has 0 unspecified atom stereocenters. The molecule has 118 valence electrons. The second kappa shape index (κ2) is 4.79. The minimum absolute atomic E-state index is 0.0135. The number of ketones is 1. The average Bonchev–Trinajstić information content (AvgIpc) is 3.22. The van der Waals surface area contributed by atoms with Crippen LogP contribution in [0.5, 0.6) is 0 Å². The fourth-order valence-corrected chi connectivity index (χ4v) is 6.54. The van der Waals surface area contributed by atoms with Crippen molar-refractivity contribution in [3.05, 3.63) is 0 Å². The Morgan fingerprint density at radius 2 is 1.77 bits per heavy atom. The van der Waals surface area contributed by atoms with Crippen molar-refractivity contribution in [2.45, 2.75) is 62.6 Å². The minimum Gasteiger partial charge on any atom is -0.298 e. The first-order chi connectivity index (χ1) is 10.7. The third kappa shape index (κ3) is 2.14. The van der Waals surface area contributed by atoms with E-state index < -0.39 is 0 Å². The Bertz CT molecular complexity index is 574. The average molecular weight is 318 g/mol. The molecule has 1 aromatic rings. The first-order valence-electron chi connectivity index (χ1n) is 8.66. The molecule has 0 spiro atoms. The number of tetrazole rings is 1. The predicted octanol–water partition coefficient (Wildman–Crippen LogP) is 2.89. The molecule has 0 atom stereocenters. The summed E-state index contributed by atoms with van der Waals surface area (Å²) in [7, 11) is 0. The van der Waals surface area contributed by atoms with E-state index in [0.717, 1.165) is 42.2 Å². The summed E-state index contributed by atoms with van der Waals surface area (Å²) in [6, 6.07) is 0.479. The van der Waals surface area contributed by atoms with Crippen LogP contribution in [0.2, 0.25) is 0 Å². The molecule has 6 heteroatoms. The molecule has 5 aliphatic carbocycles. The first-order valence-corrected chi connectivity index (χ1v) is 9.64. The normalized spacial score (nSPS) is 39.4. The molecule has 22 heavy (non-hydrogen) atoms. The third-order valence-electron chi connectivity index (χ3n) is 6.32. The van der Waals surface area contributed by atoms with Crippen LogP contribution in [-0.4, -0.2) is 31.7 Å². The molecule has 0 radical (unpaired) electrons. The summed E-state index contributed by atoms with van der Waals surface area (Å²) in [6.07, 6.45) is 9.98. The van der Waals surface area contributed by atoms with Gasteiger partial charge in [0, 0.05) is 5.41 Å². The van der Waals surface area contributed by atoms with Crippen molar-refractivity contribution in [1.29, 1.82) is 0 Å². The van der Waals surface area contributed by atoms with Gasteiger partial charge in [0.05, 0.1) is 11.8 Å². The van der Waals surface area contributed by atoms with Crippen LogP contribution in [-0.2, 0) is 4.79 Å². The second-order valence-corrected chi connectivity index (χ2v) is 8.99. The maximum Gasteiger partial charge on any atom is 0.210 e. The van der Waals surface area contributed by atoms with E-state index in [2.05, 4.69) is 15.5 Å². The molecule has 5 fully saturated rings. The van der Waals surface area contributed by atoms with Gasteiger partial charge < -0.3 is 0 Å². The molecule has 0 N–H and O–H groups in total. The van der Waals surface area contributed by atoms with Crippen LogP contribution in [0.15, 0.2) is 5.16 Å². The summed E-state index contributed by atoms with van der Waals surface area (Å²) in [5.41, 5.74) is 0.0135. The second-order valence-electron chi connectivity index (χ2n) is 8.05. The van der Waals surface area contributed by atoms with Crippen molar-refractivity contribution in [2.75, 3.05) is 5.75 Å². The van der Waals surface area contributed by atoms with Gasteiger partial charge in [0.2, 0.25) is 5.16 Å². The maximum atomic E-state index is 13.0. The highest BCUT2D eigenvalue weighted by molar-refractivity contribution is 7.99. The zero-order valence-corrected chi connectivity index (χ0v) is 13.6. The lowest BCUT2D eigenvalue weighted by Gasteiger charge is -2.56. The van der Waals surface area contributed by atoms with Gasteiger partial charge in [-0.1, -0.05) is 11.8 Å². The number of carbonyl (C=O) groups is 1. The Morgan fingerprint density at radius 3 is 2.36 bits per heavy atom. The minimum atomic E-state index is 0.0135. The molecule has 1 heterocycles. The quantitative estimate of drug-likeness (QED) is 0.781. The monoisotopic (exact) mass is 318 g/mol. The standard InChI is InChI=1S/C16H22N4OS/c21-14(9-22-15-17-18-19-20(15)13-1-2-13)16-6-10-3-11(7-16)5-12(4-10)8-16/h10-13H,1-9H2. The molecule has 0 aliphatic heterocycles. The van der Waals surface area contributed by atoms with Crippen molar-refractivity contribution in [3.8, 4) is 0 Å². The van der Waals surface area contributed by atoms with Crippen LogP contribution in [0.4, 0.5) is 0 Å². The van der Waals surface area contributed by atoms with Gasteiger partial charge in [-0.2, -0.15) is 0 Å². The summed E-state index contributed by atoms with van der Waals surface area (Å²) in [5.74, 6) is 3.52. The number of hydrogen-bond acceptors (Lipinski definition) is 5. The van der Waals surface area contributed by atoms with Gasteiger partial charge in [-0.15, -0.1) is 5.10 Å². The lowest BCUT2D eigenvalue weighted by molar-refractivity contribution is -0.141. The van der Waals surface area contributed by atoms with Gasteiger partial charge in [-0.05, 0) is 79.5 Å². The number of rotatable bonds is 5. The lowest BCUT2D eigenvalue weighted by atomic mass is 9.48. The Kier molecular flexibility index (Phi) is 2.94. The Balaban J connectivity index is 1.29. The van der Waals surface area contributed by atoms with E-state index in [1.165, 1.54) is 32.1 Å². The zero-order chi connectivity index (χ0) is 14.7. The fraction of sp³-hybridized carbons (Fsp3) is 0.875. The topological polar surface area (TPSA) is 60.7 Å². The van der Waals surface area contributed by atoms with Crippen LogP contribution in [0.1, 0.15) is 57.4 Å². The number of nitrogens with zero attached hydrogens (tertiary/aromatic N) is 4. The van der Waals surface area contributed by atoms with E-state index in [1.807, 2.05) is 4.68 Å². The summed E-state index contributed by atoms with van der Waals surface area (Å²) in [4.78, 5) is 13.0. The first kappa shape index (κ1) is 13.5. The number of hydrogen-bond donors (Lipinski definition) is 0. The van der Waals surface area contributed by atoms with Crippen LogP contribution in [0.25, 0.3) is 0 Å². The summed E-state index contributed by atoms with van der Waals surface area (Å²) >= 11 is 1.56. The molecule has 5 saturated carbocycles. The highest BCUT2D eigenvalue weighted by Gasteiger charge is 2.54. The van der Waals surface area contributed by atoms with E-state index in [-0.39, 0.29) is 5.41 Å². The van der Waals surface area contributed by atoms with Crippen molar-refractivity contribution in [1.82, 2.24) is 20.2 Å². The van der Waals surface area contributed by atoms with Gasteiger partial charge in [0.1, 0.15) is 5.78 Å². The molecule has 0 saturated heterocycles. The number of aromatic nitrogens is 4. The summed E-state index contributed by atoms with van der Waals surface area (Å²) < 4.78 is 1.91. The number of Topliss-reactive ketones (excluding diaryl/α,β-unsaturated/α-hetero) is 1. The largest absolute Gasteiger partial charge is 0.298 e. The Hall–Kier alpha value is -0.910. The van der Waals surface area contributed by atoms with E-state index in [9.17, 15) is 4.79 Å². The number of carbonyl (C=O) groups excluding carboxylic acids is 1. The Labute approximate surface area is 134 Å². The van der Waals surface area contributed by atoms with Gasteiger partial charge in [0.25, 0.3) is 0 Å². The Morgan fingerprint density at radius 1 is 1.14 bits per heavy atom. The molecule has 1 aromatic heterocycles. The summed E-state index contributed by atoms with van der Waals surface area (Å²) in [5, 5.41) is 12.8. The van der Waals surface area contributed by atoms with E-state index in [4.69, 9.17) is 0 Å². The maximum absolute atomic E-state index is 13.0. The molecule has 4 bridgehead atoms. The highest BCUT2D eigenvalue weighted by Crippen LogP contribution is 2.60. The summed E-state index contributed by atoms with van der Waals surface area (Å²) in [6.45, 7) is 0. The molecule has 5 aliphatic rings. The van der Waals surface area contributed by atoms with Crippen molar-refractivity contribution in [3.63, 3.8) is 0 Å². The SMILES string of the molecule is O=C(CSc1nnnn1C1CC1)C12CC3CC(CC(C3)C1)C2. The van der Waals surface area contributed by atoms with Gasteiger partial charge in [-0.25, -0.2) is 4.68 Å². The number of thioether (sulfide) groups is 1. The van der Waals surface area contributed by atoms with E-state index in [1.54, 1.807) is 11.8 Å². The van der Waals surface area contributed by atoms with Crippen molar-refractivity contribution in [2.24, 2.45) is 23.2 Å². The van der Waals surface area contributed by atoms with E-state index in [0.29, 0.717) is 17.6 Å². The van der Waals surface area contributed by atoms with Crippen molar-refractivity contribution >= 4 is 17.5 Å². The van der Waals surface area contributed by atoms with E-state index >= 15 is 0 Å². The predicted molar refractivity (Wildman–Crippen MR) is 82.4 cm³/mol. The van der Waals surface area contributed by atoms with Gasteiger partial charge in [0.15, 0.2) is 0 Å². The van der Waals surface area contributed by atoms with Crippen LogP contribution >= 0.6 is 11.8 Å². The fourth-order valence-electron chi connectivity index (χ4n) is 5.56. The van der Waals surface area contributed by atoms with Gasteiger partial charge in [-0.3, -0.25) is 4.79 Å². The lowest BCUT2D eigenvalue weighted by Crippen LogP contribution is -2.50. The molecular formula is C16H22N4OS. The van der Waals surface area contributed by atoms with Gasteiger partial charge >= 0.3 is 0 Å².